The number of hydrogen-bond acceptors (Lipinski definition) is 5. The van der Waals surface area contributed by atoms with Gasteiger partial charge in [0.1, 0.15) is 5.75 Å². The molecule has 2 aliphatic carbocycles. The van der Waals surface area contributed by atoms with Crippen molar-refractivity contribution in [2.45, 2.75) is 42.2 Å². The SMILES string of the molecule is COc1ccc(S(=O)(=O)NC2CC2)cc1NC(=O)C1(N)CC1. The van der Waals surface area contributed by atoms with Crippen LogP contribution >= 0.6 is 0 Å². The minimum Gasteiger partial charge on any atom is -0.495 e. The third-order valence-corrected chi connectivity index (χ3v) is 5.39. The molecular weight excluding hydrogens is 306 g/mol. The third kappa shape index (κ3) is 3.08. The van der Waals surface area contributed by atoms with E-state index in [1.165, 1.54) is 25.3 Å². The van der Waals surface area contributed by atoms with Gasteiger partial charge in [-0.1, -0.05) is 0 Å². The van der Waals surface area contributed by atoms with E-state index < -0.39 is 15.6 Å². The van der Waals surface area contributed by atoms with Crippen molar-refractivity contribution < 1.29 is 17.9 Å². The van der Waals surface area contributed by atoms with Crippen molar-refractivity contribution in [2.24, 2.45) is 5.73 Å². The van der Waals surface area contributed by atoms with Crippen molar-refractivity contribution in [1.29, 1.82) is 0 Å². The lowest BCUT2D eigenvalue weighted by molar-refractivity contribution is -0.118. The number of carbonyl (C=O) groups is 1. The quantitative estimate of drug-likeness (QED) is 0.708. The van der Waals surface area contributed by atoms with Crippen LogP contribution in [0.2, 0.25) is 0 Å². The predicted octanol–water partition coefficient (Wildman–Crippen LogP) is 0.566. The molecule has 1 amide bonds. The molecule has 2 aliphatic rings. The van der Waals surface area contributed by atoms with Crippen LogP contribution in [0.25, 0.3) is 0 Å². The normalized spacial score (nSPS) is 19.5. The molecule has 8 heteroatoms. The molecule has 120 valence electrons. The highest BCUT2D eigenvalue weighted by Gasteiger charge is 2.46. The van der Waals surface area contributed by atoms with E-state index in [1.807, 2.05) is 0 Å². The Morgan fingerprint density at radius 3 is 2.59 bits per heavy atom. The smallest absolute Gasteiger partial charge is 0.244 e. The summed E-state index contributed by atoms with van der Waals surface area (Å²) in [5.74, 6) is 0.0680. The number of ether oxygens (including phenoxy) is 1. The second-order valence-electron chi connectivity index (χ2n) is 5.87. The van der Waals surface area contributed by atoms with Crippen molar-refractivity contribution in [3.63, 3.8) is 0 Å². The molecule has 4 N–H and O–H groups in total. The summed E-state index contributed by atoms with van der Waals surface area (Å²) in [6.45, 7) is 0. The zero-order valence-electron chi connectivity index (χ0n) is 12.3. The molecule has 7 nitrogen and oxygen atoms in total. The predicted molar refractivity (Wildman–Crippen MR) is 81.1 cm³/mol. The lowest BCUT2D eigenvalue weighted by atomic mass is 10.2. The van der Waals surface area contributed by atoms with Gasteiger partial charge >= 0.3 is 0 Å². The van der Waals surface area contributed by atoms with Gasteiger partial charge in [0.15, 0.2) is 0 Å². The fraction of sp³-hybridized carbons (Fsp3) is 0.500. The zero-order chi connectivity index (χ0) is 16.0. The molecule has 0 heterocycles. The van der Waals surface area contributed by atoms with Gasteiger partial charge in [0, 0.05) is 6.04 Å². The van der Waals surface area contributed by atoms with E-state index in [2.05, 4.69) is 10.0 Å². The highest BCUT2D eigenvalue weighted by molar-refractivity contribution is 7.89. The van der Waals surface area contributed by atoms with Crippen LogP contribution in [0.15, 0.2) is 23.1 Å². The Hall–Kier alpha value is -1.64. The Bertz CT molecular complexity index is 709. The van der Waals surface area contributed by atoms with Gasteiger partial charge in [-0.25, -0.2) is 13.1 Å². The first-order chi connectivity index (χ1) is 10.3. The molecule has 0 radical (unpaired) electrons. The first kappa shape index (κ1) is 15.3. The minimum absolute atomic E-state index is 0.0175. The maximum Gasteiger partial charge on any atom is 0.244 e. The van der Waals surface area contributed by atoms with Crippen LogP contribution in [-0.4, -0.2) is 33.0 Å². The van der Waals surface area contributed by atoms with Gasteiger partial charge in [-0.2, -0.15) is 0 Å². The van der Waals surface area contributed by atoms with Gasteiger partial charge in [-0.15, -0.1) is 0 Å². The van der Waals surface area contributed by atoms with Crippen LogP contribution in [0.4, 0.5) is 5.69 Å². The Balaban J connectivity index is 1.87. The molecule has 0 atom stereocenters. The molecule has 1 aromatic carbocycles. The molecule has 0 bridgehead atoms. The summed E-state index contributed by atoms with van der Waals surface area (Å²) in [6.07, 6.45) is 2.97. The number of hydrogen-bond donors (Lipinski definition) is 3. The summed E-state index contributed by atoms with van der Waals surface area (Å²) in [7, 11) is -2.13. The molecule has 0 aromatic heterocycles. The molecule has 0 saturated heterocycles. The average Bonchev–Trinajstić information content (AvgIpc) is 3.38. The lowest BCUT2D eigenvalue weighted by Gasteiger charge is -2.15. The second kappa shape index (κ2) is 5.22. The highest BCUT2D eigenvalue weighted by atomic mass is 32.2. The largest absolute Gasteiger partial charge is 0.495 e. The summed E-state index contributed by atoms with van der Waals surface area (Å²) >= 11 is 0. The Morgan fingerprint density at radius 1 is 1.36 bits per heavy atom. The van der Waals surface area contributed by atoms with Crippen LogP contribution in [0.3, 0.4) is 0 Å². The van der Waals surface area contributed by atoms with Gasteiger partial charge in [-0.05, 0) is 43.9 Å². The summed E-state index contributed by atoms with van der Waals surface area (Å²) in [6, 6.07) is 4.39. The lowest BCUT2D eigenvalue weighted by Crippen LogP contribution is -2.38. The van der Waals surface area contributed by atoms with Crippen molar-refractivity contribution >= 4 is 21.6 Å². The highest BCUT2D eigenvalue weighted by Crippen LogP contribution is 2.35. The third-order valence-electron chi connectivity index (χ3n) is 3.87. The van der Waals surface area contributed by atoms with Crippen LogP contribution in [0.1, 0.15) is 25.7 Å². The molecule has 0 spiro atoms. The number of carbonyl (C=O) groups excluding carboxylic acids is 1. The first-order valence-electron chi connectivity index (χ1n) is 7.15. The molecule has 2 fully saturated rings. The number of benzene rings is 1. The Labute approximate surface area is 129 Å². The van der Waals surface area contributed by atoms with E-state index in [1.54, 1.807) is 0 Å². The van der Waals surface area contributed by atoms with Crippen LogP contribution in [-0.2, 0) is 14.8 Å². The van der Waals surface area contributed by atoms with Gasteiger partial charge in [0.05, 0.1) is 23.2 Å². The molecule has 3 rings (SSSR count). The zero-order valence-corrected chi connectivity index (χ0v) is 13.1. The minimum atomic E-state index is -3.59. The number of sulfonamides is 1. The monoisotopic (exact) mass is 325 g/mol. The number of methoxy groups -OCH3 is 1. The Morgan fingerprint density at radius 2 is 2.05 bits per heavy atom. The number of nitrogens with one attached hydrogen (secondary N) is 2. The second-order valence-corrected chi connectivity index (χ2v) is 7.58. The fourth-order valence-electron chi connectivity index (χ4n) is 2.05. The van der Waals surface area contributed by atoms with Crippen molar-refractivity contribution in [3.05, 3.63) is 18.2 Å². The molecule has 2 saturated carbocycles. The van der Waals surface area contributed by atoms with Crippen LogP contribution in [0.5, 0.6) is 5.75 Å². The van der Waals surface area contributed by atoms with E-state index in [4.69, 9.17) is 10.5 Å². The Kier molecular flexibility index (Phi) is 3.62. The maximum absolute atomic E-state index is 12.2. The van der Waals surface area contributed by atoms with Gasteiger partial charge in [0.2, 0.25) is 15.9 Å². The summed E-state index contributed by atoms with van der Waals surface area (Å²) < 4.78 is 32.3. The number of anilines is 1. The molecule has 22 heavy (non-hydrogen) atoms. The topological polar surface area (TPSA) is 111 Å². The summed E-state index contributed by atoms with van der Waals surface area (Å²) in [5, 5.41) is 2.66. The number of rotatable bonds is 6. The van der Waals surface area contributed by atoms with E-state index in [9.17, 15) is 13.2 Å². The van der Waals surface area contributed by atoms with Crippen LogP contribution in [0, 0.1) is 0 Å². The van der Waals surface area contributed by atoms with E-state index in [0.29, 0.717) is 24.3 Å². The number of amides is 1. The summed E-state index contributed by atoms with van der Waals surface area (Å²) in [5.41, 5.74) is 5.31. The van der Waals surface area contributed by atoms with Gasteiger partial charge in [0.25, 0.3) is 0 Å². The van der Waals surface area contributed by atoms with E-state index in [-0.39, 0.29) is 16.8 Å². The van der Waals surface area contributed by atoms with E-state index >= 15 is 0 Å². The average molecular weight is 325 g/mol. The van der Waals surface area contributed by atoms with Crippen molar-refractivity contribution in [2.75, 3.05) is 12.4 Å². The number of nitrogens with two attached hydrogens (primary N) is 1. The van der Waals surface area contributed by atoms with Gasteiger partial charge in [-0.3, -0.25) is 4.79 Å². The molecule has 0 aliphatic heterocycles. The molecule has 1 aromatic rings. The fourth-order valence-corrected chi connectivity index (χ4v) is 3.38. The molecule has 0 unspecified atom stereocenters. The van der Waals surface area contributed by atoms with Gasteiger partial charge < -0.3 is 15.8 Å². The van der Waals surface area contributed by atoms with E-state index in [0.717, 1.165) is 12.8 Å². The first-order valence-corrected chi connectivity index (χ1v) is 8.63. The maximum atomic E-state index is 12.2. The van der Waals surface area contributed by atoms with Crippen LogP contribution < -0.4 is 20.5 Å². The van der Waals surface area contributed by atoms with Crippen molar-refractivity contribution in [1.82, 2.24) is 4.72 Å². The summed E-state index contributed by atoms with van der Waals surface area (Å²) in [4.78, 5) is 12.2. The molecular formula is C14H19N3O4S. The van der Waals surface area contributed by atoms with Crippen molar-refractivity contribution in [3.8, 4) is 5.75 Å². The standard InChI is InChI=1S/C14H19N3O4S/c1-21-12-5-4-10(22(19,20)17-9-2-3-9)8-11(12)16-13(18)14(15)6-7-14/h4-5,8-9,17H,2-3,6-7,15H2,1H3,(H,16,18).